The van der Waals surface area contributed by atoms with Crippen molar-refractivity contribution in [3.8, 4) is 0 Å². The van der Waals surface area contributed by atoms with Gasteiger partial charge in [0, 0.05) is 30.5 Å². The molecular formula is C13H20N4O3S. The Hall–Kier alpha value is -1.80. The van der Waals surface area contributed by atoms with E-state index in [0.717, 1.165) is 6.26 Å². The van der Waals surface area contributed by atoms with E-state index in [0.29, 0.717) is 42.9 Å². The number of carbonyl (C=O) groups excluding carboxylic acids is 1. The monoisotopic (exact) mass is 312 g/mol. The first kappa shape index (κ1) is 15.6. The molecule has 1 fully saturated rings. The molecule has 7 nitrogen and oxygen atoms in total. The topological polar surface area (TPSA) is 119 Å². The zero-order valence-corrected chi connectivity index (χ0v) is 12.7. The minimum Gasteiger partial charge on any atom is -0.399 e. The number of hydrogen-bond donors (Lipinski definition) is 3. The first-order chi connectivity index (χ1) is 9.76. The predicted molar refractivity (Wildman–Crippen MR) is 82.2 cm³/mol. The maximum Gasteiger partial charge on any atom is 0.255 e. The van der Waals surface area contributed by atoms with Crippen molar-refractivity contribution in [1.82, 2.24) is 9.62 Å². The Morgan fingerprint density at radius 1 is 1.29 bits per heavy atom. The maximum atomic E-state index is 12.4. The molecule has 1 aliphatic rings. The maximum absolute atomic E-state index is 12.4. The molecular weight excluding hydrogens is 292 g/mol. The Bertz CT molecular complexity index is 637. The van der Waals surface area contributed by atoms with E-state index in [4.69, 9.17) is 11.5 Å². The van der Waals surface area contributed by atoms with E-state index in [1.165, 1.54) is 0 Å². The first-order valence-corrected chi connectivity index (χ1v) is 8.57. The van der Waals surface area contributed by atoms with E-state index in [-0.39, 0.29) is 11.9 Å². The molecule has 1 aliphatic heterocycles. The number of rotatable bonds is 3. The summed E-state index contributed by atoms with van der Waals surface area (Å²) in [5.74, 6) is -0.148. The Balaban J connectivity index is 2.00. The number of hydrogen-bond acceptors (Lipinski definition) is 5. The van der Waals surface area contributed by atoms with E-state index in [1.807, 2.05) is 0 Å². The van der Waals surface area contributed by atoms with Crippen molar-refractivity contribution in [2.24, 2.45) is 0 Å². The highest BCUT2D eigenvalue weighted by Gasteiger charge is 2.26. The Labute approximate surface area is 124 Å². The quantitative estimate of drug-likeness (QED) is 0.679. The normalized spacial score (nSPS) is 16.9. The van der Waals surface area contributed by atoms with Gasteiger partial charge in [-0.25, -0.2) is 13.1 Å². The second-order valence-corrected chi connectivity index (χ2v) is 7.08. The van der Waals surface area contributed by atoms with Crippen LogP contribution in [0.5, 0.6) is 0 Å². The molecule has 0 bridgehead atoms. The first-order valence-electron chi connectivity index (χ1n) is 6.68. The summed E-state index contributed by atoms with van der Waals surface area (Å²) in [5, 5.41) is 0. The molecule has 1 amide bonds. The molecule has 8 heteroatoms. The van der Waals surface area contributed by atoms with Crippen LogP contribution in [0.2, 0.25) is 0 Å². The van der Waals surface area contributed by atoms with Crippen molar-refractivity contribution in [3.05, 3.63) is 23.8 Å². The number of amides is 1. The fourth-order valence-electron chi connectivity index (χ4n) is 2.45. The summed E-state index contributed by atoms with van der Waals surface area (Å²) in [4.78, 5) is 14.1. The van der Waals surface area contributed by atoms with Gasteiger partial charge in [0.1, 0.15) is 0 Å². The highest BCUT2D eigenvalue weighted by atomic mass is 32.2. The molecule has 0 spiro atoms. The van der Waals surface area contributed by atoms with E-state index in [9.17, 15) is 13.2 Å². The summed E-state index contributed by atoms with van der Waals surface area (Å²) in [7, 11) is -3.21. The highest BCUT2D eigenvalue weighted by molar-refractivity contribution is 7.88. The molecule has 5 N–H and O–H groups in total. The Morgan fingerprint density at radius 2 is 1.90 bits per heavy atom. The van der Waals surface area contributed by atoms with Crippen LogP contribution in [0, 0.1) is 0 Å². The fraction of sp³-hybridized carbons (Fsp3) is 0.462. The van der Waals surface area contributed by atoms with Gasteiger partial charge in [0.05, 0.1) is 11.8 Å². The van der Waals surface area contributed by atoms with E-state index in [1.54, 1.807) is 23.1 Å². The average molecular weight is 312 g/mol. The number of benzene rings is 1. The summed E-state index contributed by atoms with van der Waals surface area (Å²) >= 11 is 0. The number of carbonyl (C=O) groups is 1. The van der Waals surface area contributed by atoms with Gasteiger partial charge in [-0.15, -0.1) is 0 Å². The minimum atomic E-state index is -3.21. The predicted octanol–water partition coefficient (Wildman–Crippen LogP) is 0.00480. The number of nitrogens with one attached hydrogen (secondary N) is 1. The van der Waals surface area contributed by atoms with Crippen LogP contribution in [0.1, 0.15) is 23.2 Å². The molecule has 0 aromatic heterocycles. The number of nitrogens with two attached hydrogens (primary N) is 2. The fourth-order valence-corrected chi connectivity index (χ4v) is 3.29. The van der Waals surface area contributed by atoms with Gasteiger partial charge in [-0.1, -0.05) is 0 Å². The zero-order chi connectivity index (χ0) is 15.6. The van der Waals surface area contributed by atoms with Gasteiger partial charge < -0.3 is 16.4 Å². The van der Waals surface area contributed by atoms with Crippen molar-refractivity contribution in [3.63, 3.8) is 0 Å². The molecule has 0 atom stereocenters. The third-order valence-corrected chi connectivity index (χ3v) is 4.23. The van der Waals surface area contributed by atoms with Crippen LogP contribution in [0.3, 0.4) is 0 Å². The van der Waals surface area contributed by atoms with Gasteiger partial charge in [0.25, 0.3) is 5.91 Å². The van der Waals surface area contributed by atoms with Crippen molar-refractivity contribution < 1.29 is 13.2 Å². The molecule has 0 aliphatic carbocycles. The summed E-state index contributed by atoms with van der Waals surface area (Å²) in [6.07, 6.45) is 2.32. The molecule has 0 saturated carbocycles. The van der Waals surface area contributed by atoms with Gasteiger partial charge in [-0.3, -0.25) is 4.79 Å². The molecule has 0 radical (unpaired) electrons. The Kier molecular flexibility index (Phi) is 4.38. The van der Waals surface area contributed by atoms with Gasteiger partial charge in [0.2, 0.25) is 10.0 Å². The van der Waals surface area contributed by atoms with Crippen LogP contribution in [-0.4, -0.2) is 44.6 Å². The zero-order valence-electron chi connectivity index (χ0n) is 11.9. The molecule has 1 heterocycles. The van der Waals surface area contributed by atoms with Crippen molar-refractivity contribution >= 4 is 27.3 Å². The Morgan fingerprint density at radius 3 is 2.43 bits per heavy atom. The van der Waals surface area contributed by atoms with Crippen LogP contribution >= 0.6 is 0 Å². The molecule has 1 aromatic carbocycles. The molecule has 1 aromatic rings. The lowest BCUT2D eigenvalue weighted by molar-refractivity contribution is 0.0712. The molecule has 2 rings (SSSR count). The van der Waals surface area contributed by atoms with Crippen LogP contribution in [0.4, 0.5) is 11.4 Å². The number of nitrogen functional groups attached to an aromatic ring is 2. The van der Waals surface area contributed by atoms with E-state index < -0.39 is 10.0 Å². The summed E-state index contributed by atoms with van der Waals surface area (Å²) in [6.45, 7) is 0.992. The van der Waals surface area contributed by atoms with Crippen molar-refractivity contribution in [2.75, 3.05) is 30.8 Å². The lowest BCUT2D eigenvalue weighted by Crippen LogP contribution is -2.46. The number of nitrogens with zero attached hydrogens (tertiary/aromatic N) is 1. The number of piperidine rings is 1. The number of likely N-dealkylation sites (tertiary alicyclic amines) is 1. The minimum absolute atomic E-state index is 0.118. The third kappa shape index (κ3) is 4.08. The molecule has 21 heavy (non-hydrogen) atoms. The standard InChI is InChI=1S/C13H20N4O3S/c1-21(19,20)16-10-4-6-17(7-5-10)13(18)11-3-2-9(14)8-12(11)15/h2-3,8,10,16H,4-7,14-15H2,1H3. The number of sulfonamides is 1. The van der Waals surface area contributed by atoms with E-state index >= 15 is 0 Å². The largest absolute Gasteiger partial charge is 0.399 e. The van der Waals surface area contributed by atoms with Gasteiger partial charge in [-0.2, -0.15) is 0 Å². The smallest absolute Gasteiger partial charge is 0.255 e. The van der Waals surface area contributed by atoms with Gasteiger partial charge in [0.15, 0.2) is 0 Å². The van der Waals surface area contributed by atoms with Crippen LogP contribution in [0.15, 0.2) is 18.2 Å². The lowest BCUT2D eigenvalue weighted by Gasteiger charge is -2.32. The second kappa shape index (κ2) is 5.90. The highest BCUT2D eigenvalue weighted by Crippen LogP contribution is 2.20. The molecule has 116 valence electrons. The van der Waals surface area contributed by atoms with E-state index in [2.05, 4.69) is 4.72 Å². The lowest BCUT2D eigenvalue weighted by atomic mass is 10.0. The summed E-state index contributed by atoms with van der Waals surface area (Å²) < 4.78 is 25.0. The molecule has 1 saturated heterocycles. The van der Waals surface area contributed by atoms with Crippen LogP contribution < -0.4 is 16.2 Å². The van der Waals surface area contributed by atoms with Crippen LogP contribution in [0.25, 0.3) is 0 Å². The van der Waals surface area contributed by atoms with Crippen LogP contribution in [-0.2, 0) is 10.0 Å². The summed E-state index contributed by atoms with van der Waals surface area (Å²) in [5.41, 5.74) is 12.7. The van der Waals surface area contributed by atoms with Crippen molar-refractivity contribution in [1.29, 1.82) is 0 Å². The SMILES string of the molecule is CS(=O)(=O)NC1CCN(C(=O)c2ccc(N)cc2N)CC1. The average Bonchev–Trinajstić information content (AvgIpc) is 2.37. The van der Waals surface area contributed by atoms with Gasteiger partial charge in [-0.05, 0) is 31.0 Å². The van der Waals surface area contributed by atoms with Crippen molar-refractivity contribution in [2.45, 2.75) is 18.9 Å². The number of anilines is 2. The second-order valence-electron chi connectivity index (χ2n) is 5.30. The van der Waals surface area contributed by atoms with Gasteiger partial charge >= 0.3 is 0 Å². The third-order valence-electron chi connectivity index (χ3n) is 3.47. The molecule has 0 unspecified atom stereocenters. The summed E-state index contributed by atoms with van der Waals surface area (Å²) in [6, 6.07) is 4.70.